The van der Waals surface area contributed by atoms with Gasteiger partial charge in [-0.25, -0.2) is 8.42 Å². The third kappa shape index (κ3) is 8.50. The molecule has 2 atom stereocenters. The number of hydrogen-bond acceptors (Lipinski definition) is 10. The molecule has 1 aliphatic heterocycles. The SMILES string of the molecule is COSc1ccc2c(c1)N(CCOCCCS(=O)(=O)[O-])/C(=C/C1=CC3=C/C(=C/c4sc5ccc(S(C)=O)cc5[n+]4C)CCC3CC1)S2. The number of thioether (sulfide) groups is 1. The van der Waals surface area contributed by atoms with Gasteiger partial charge in [-0.1, -0.05) is 35.3 Å². The van der Waals surface area contributed by atoms with E-state index >= 15 is 0 Å². The monoisotopic (exact) mass is 730 g/mol. The topological polar surface area (TPSA) is 99.8 Å². The van der Waals surface area contributed by atoms with Crippen molar-refractivity contribution in [2.24, 2.45) is 13.0 Å². The molecule has 2 heterocycles. The van der Waals surface area contributed by atoms with Gasteiger partial charge >= 0.3 is 0 Å². The standard InChI is InChI=1S/C34H38N2O6S5/c1-35-29-22-28(46(3)37)10-12-31(29)43-33(35)19-23-5-7-25-8-6-24(18-26(25)17-23)20-34-36(13-15-42-14-4-16-47(38,39)40)30-21-27(45-41-2)9-11-32(30)44-34/h9-12,17-22,25H,4-8,13-16H2,1-3H3. The molecule has 0 N–H and O–H groups in total. The number of anilines is 1. The highest BCUT2D eigenvalue weighted by Gasteiger charge is 2.28. The van der Waals surface area contributed by atoms with Crippen LogP contribution in [0.2, 0.25) is 0 Å². The zero-order chi connectivity index (χ0) is 33.1. The summed E-state index contributed by atoms with van der Waals surface area (Å²) < 4.78 is 59.3. The Morgan fingerprint density at radius 2 is 1.96 bits per heavy atom. The van der Waals surface area contributed by atoms with Gasteiger partial charge in [-0.3, -0.25) is 4.21 Å². The second kappa shape index (κ2) is 15.1. The van der Waals surface area contributed by atoms with Crippen LogP contribution in [0.4, 0.5) is 5.69 Å². The van der Waals surface area contributed by atoms with Gasteiger partial charge in [0.05, 0.1) is 45.4 Å². The number of nitrogens with zero attached hydrogens (tertiary/aromatic N) is 2. The molecule has 47 heavy (non-hydrogen) atoms. The van der Waals surface area contributed by atoms with E-state index in [0.29, 0.717) is 19.1 Å². The van der Waals surface area contributed by atoms with Crippen molar-refractivity contribution in [2.45, 2.75) is 46.8 Å². The number of thiazole rings is 1. The van der Waals surface area contributed by atoms with E-state index in [-0.39, 0.29) is 13.0 Å². The average Bonchev–Trinajstić information content (AvgIpc) is 3.53. The minimum Gasteiger partial charge on any atom is -0.748 e. The van der Waals surface area contributed by atoms with Gasteiger partial charge < -0.3 is 18.4 Å². The molecule has 13 heteroatoms. The minimum atomic E-state index is -4.23. The molecule has 0 saturated carbocycles. The van der Waals surface area contributed by atoms with E-state index in [0.717, 1.165) is 51.7 Å². The first-order valence-electron chi connectivity index (χ1n) is 15.5. The summed E-state index contributed by atoms with van der Waals surface area (Å²) in [7, 11) is -1.51. The third-order valence-corrected chi connectivity index (χ3v) is 13.1. The zero-order valence-electron chi connectivity index (χ0n) is 26.6. The maximum atomic E-state index is 12.1. The van der Waals surface area contributed by atoms with E-state index in [1.165, 1.54) is 43.4 Å². The summed E-state index contributed by atoms with van der Waals surface area (Å²) >= 11 is 4.83. The maximum absolute atomic E-state index is 12.1. The van der Waals surface area contributed by atoms with Crippen molar-refractivity contribution in [3.05, 3.63) is 81.4 Å². The number of aromatic nitrogens is 1. The van der Waals surface area contributed by atoms with Crippen molar-refractivity contribution >= 4 is 78.0 Å². The zero-order valence-corrected chi connectivity index (χ0v) is 30.7. The fourth-order valence-corrected chi connectivity index (χ4v) is 9.90. The molecular weight excluding hydrogens is 693 g/mol. The summed E-state index contributed by atoms with van der Waals surface area (Å²) in [5.41, 5.74) is 6.22. The smallest absolute Gasteiger partial charge is 0.262 e. The first kappa shape index (κ1) is 34.6. The molecule has 0 amide bonds. The number of ether oxygens (including phenoxy) is 1. The van der Waals surface area contributed by atoms with Gasteiger partial charge in [0.1, 0.15) is 11.7 Å². The number of hydrogen-bond donors (Lipinski definition) is 0. The number of rotatable bonds is 12. The Morgan fingerprint density at radius 1 is 1.13 bits per heavy atom. The number of fused-ring (bicyclic) bond motifs is 3. The Bertz CT molecular complexity index is 1930. The summed E-state index contributed by atoms with van der Waals surface area (Å²) in [5, 5.41) is 2.32. The van der Waals surface area contributed by atoms with Crippen molar-refractivity contribution in [1.29, 1.82) is 0 Å². The summed E-state index contributed by atoms with van der Waals surface area (Å²) in [5.74, 6) is 0.156. The molecule has 2 unspecified atom stereocenters. The quantitative estimate of drug-likeness (QED) is 0.0848. The van der Waals surface area contributed by atoms with Crippen molar-refractivity contribution in [1.82, 2.24) is 0 Å². The van der Waals surface area contributed by atoms with E-state index in [2.05, 4.69) is 65.1 Å². The van der Waals surface area contributed by atoms with Crippen LogP contribution in [0.25, 0.3) is 16.3 Å². The fourth-order valence-electron chi connectivity index (χ4n) is 6.17. The third-order valence-electron chi connectivity index (χ3n) is 8.55. The Balaban J connectivity index is 1.23. The van der Waals surface area contributed by atoms with Gasteiger partial charge in [0.2, 0.25) is 5.52 Å². The van der Waals surface area contributed by atoms with Gasteiger partial charge in [-0.15, -0.1) is 0 Å². The predicted molar refractivity (Wildman–Crippen MR) is 192 cm³/mol. The molecule has 2 aromatic carbocycles. The number of aryl methyl sites for hydroxylation is 1. The van der Waals surface area contributed by atoms with E-state index in [1.807, 2.05) is 12.1 Å². The highest BCUT2D eigenvalue weighted by Crippen LogP contribution is 2.48. The van der Waals surface area contributed by atoms with E-state index in [9.17, 15) is 17.2 Å². The largest absolute Gasteiger partial charge is 0.748 e. The highest BCUT2D eigenvalue weighted by atomic mass is 32.2. The Kier molecular flexibility index (Phi) is 11.1. The molecule has 250 valence electrons. The van der Waals surface area contributed by atoms with Crippen LogP contribution >= 0.6 is 35.1 Å². The van der Waals surface area contributed by atoms with Crippen LogP contribution in [0, 0.1) is 5.92 Å². The molecule has 3 aromatic rings. The summed E-state index contributed by atoms with van der Waals surface area (Å²) in [4.78, 5) is 5.29. The summed E-state index contributed by atoms with van der Waals surface area (Å²) in [6.07, 6.45) is 15.6. The van der Waals surface area contributed by atoms with Crippen LogP contribution in [-0.2, 0) is 36.9 Å². The lowest BCUT2D eigenvalue weighted by molar-refractivity contribution is -0.642. The molecule has 0 fully saturated rings. The molecular formula is C34H38N2O6S5. The first-order chi connectivity index (χ1) is 22.6. The minimum absolute atomic E-state index is 0.192. The van der Waals surface area contributed by atoms with Crippen molar-refractivity contribution in [3.63, 3.8) is 0 Å². The second-order valence-corrected chi connectivity index (χ2v) is 17.8. The number of allylic oxidation sites excluding steroid dienone is 6. The van der Waals surface area contributed by atoms with Crippen molar-refractivity contribution in [2.75, 3.05) is 43.8 Å². The molecule has 0 spiro atoms. The van der Waals surface area contributed by atoms with Crippen molar-refractivity contribution in [3.8, 4) is 0 Å². The Labute approximate surface area is 292 Å². The lowest BCUT2D eigenvalue weighted by Gasteiger charge is -2.28. The van der Waals surface area contributed by atoms with Crippen LogP contribution in [-0.4, -0.2) is 56.1 Å². The van der Waals surface area contributed by atoms with Gasteiger partial charge in [-0.05, 0) is 91.1 Å². The number of benzene rings is 2. The second-order valence-electron chi connectivity index (χ2n) is 11.8. The Hall–Kier alpha value is -2.23. The predicted octanol–water partition coefficient (Wildman–Crippen LogP) is 6.96. The van der Waals surface area contributed by atoms with Gasteiger partial charge in [0, 0.05) is 64.0 Å². The van der Waals surface area contributed by atoms with Crippen LogP contribution in [0.5, 0.6) is 0 Å². The van der Waals surface area contributed by atoms with Gasteiger partial charge in [0.25, 0.3) is 5.01 Å². The molecule has 0 bridgehead atoms. The van der Waals surface area contributed by atoms with Gasteiger partial charge in [-0.2, -0.15) is 4.57 Å². The molecule has 8 nitrogen and oxygen atoms in total. The van der Waals surface area contributed by atoms with E-state index in [1.54, 1.807) is 36.5 Å². The summed E-state index contributed by atoms with van der Waals surface area (Å²) in [6, 6.07) is 12.4. The molecule has 3 aliphatic rings. The maximum Gasteiger partial charge on any atom is 0.262 e. The molecule has 0 radical (unpaired) electrons. The normalized spacial score (nSPS) is 20.4. The highest BCUT2D eigenvalue weighted by molar-refractivity contribution is 8.03. The molecule has 6 rings (SSSR count). The van der Waals surface area contributed by atoms with Crippen molar-refractivity contribution < 1.29 is 30.7 Å². The Morgan fingerprint density at radius 3 is 2.74 bits per heavy atom. The lowest BCUT2D eigenvalue weighted by Crippen LogP contribution is -2.29. The van der Waals surface area contributed by atoms with Crippen LogP contribution in [0.1, 0.15) is 37.1 Å². The van der Waals surface area contributed by atoms with E-state index < -0.39 is 26.7 Å². The van der Waals surface area contributed by atoms with Crippen LogP contribution in [0.3, 0.4) is 0 Å². The first-order valence-corrected chi connectivity index (χ1v) is 21.0. The molecule has 2 aliphatic carbocycles. The average molecular weight is 731 g/mol. The lowest BCUT2D eigenvalue weighted by atomic mass is 9.77. The fraction of sp³-hybridized carbons (Fsp3) is 0.382. The van der Waals surface area contributed by atoms with Crippen LogP contribution < -0.4 is 9.47 Å². The van der Waals surface area contributed by atoms with Crippen LogP contribution in [0.15, 0.2) is 91.1 Å². The van der Waals surface area contributed by atoms with E-state index in [4.69, 9.17) is 8.92 Å². The van der Waals surface area contributed by atoms with Gasteiger partial charge in [0.15, 0.2) is 0 Å². The molecule has 1 aromatic heterocycles. The molecule has 0 saturated heterocycles. The summed E-state index contributed by atoms with van der Waals surface area (Å²) in [6.45, 7) is 1.24.